The number of likely N-dealkylation sites (tertiary alicyclic amines) is 1. The molecule has 2 heterocycles. The molecule has 1 fully saturated rings. The fourth-order valence-corrected chi connectivity index (χ4v) is 4.55. The molecule has 34 heavy (non-hydrogen) atoms. The fraction of sp³-hybridized carbons (Fsp3) is 0.462. The number of fused-ring (bicyclic) bond motifs is 1. The molecule has 0 aromatic heterocycles. The molecule has 0 spiro atoms. The van der Waals surface area contributed by atoms with Crippen LogP contribution in [0.1, 0.15) is 55.1 Å². The summed E-state index contributed by atoms with van der Waals surface area (Å²) < 4.78 is 11.6. The molecule has 2 aromatic carbocycles. The third-order valence-electron chi connectivity index (χ3n) is 6.06. The second-order valence-corrected chi connectivity index (χ2v) is 9.56. The summed E-state index contributed by atoms with van der Waals surface area (Å²) in [6.45, 7) is 6.81. The van der Waals surface area contributed by atoms with Gasteiger partial charge in [0.1, 0.15) is 0 Å². The van der Waals surface area contributed by atoms with Crippen molar-refractivity contribution in [3.8, 4) is 11.5 Å². The zero-order chi connectivity index (χ0) is 24.1. The number of nitrogens with zero attached hydrogens (tertiary/aromatic N) is 1. The van der Waals surface area contributed by atoms with Gasteiger partial charge >= 0.3 is 0 Å². The topological polar surface area (TPSA) is 79.9 Å². The molecule has 0 aliphatic carbocycles. The summed E-state index contributed by atoms with van der Waals surface area (Å²) >= 11 is 6.34. The van der Waals surface area contributed by atoms with Crippen LogP contribution in [0.2, 0.25) is 5.02 Å². The molecule has 4 rings (SSSR count). The van der Waals surface area contributed by atoms with Crippen LogP contribution in [0, 0.1) is 5.92 Å². The van der Waals surface area contributed by atoms with Gasteiger partial charge in [0.15, 0.2) is 11.5 Å². The number of carbonyl (C=O) groups is 2. The Morgan fingerprint density at radius 1 is 1.09 bits per heavy atom. The highest BCUT2D eigenvalue weighted by Crippen LogP contribution is 2.38. The van der Waals surface area contributed by atoms with Gasteiger partial charge in [-0.15, -0.1) is 0 Å². The lowest BCUT2D eigenvalue weighted by Crippen LogP contribution is -2.35. The van der Waals surface area contributed by atoms with E-state index in [-0.39, 0.29) is 24.4 Å². The Morgan fingerprint density at radius 3 is 2.65 bits per heavy atom. The van der Waals surface area contributed by atoms with E-state index in [1.807, 2.05) is 36.9 Å². The number of rotatable bonds is 7. The molecule has 1 saturated heterocycles. The first-order valence-corrected chi connectivity index (χ1v) is 12.3. The Kier molecular flexibility index (Phi) is 7.83. The van der Waals surface area contributed by atoms with Crippen LogP contribution in [-0.2, 0) is 4.79 Å². The lowest BCUT2D eigenvalue weighted by molar-refractivity contribution is -0.130. The maximum atomic E-state index is 13.1. The lowest BCUT2D eigenvalue weighted by atomic mass is 10.0. The van der Waals surface area contributed by atoms with Crippen LogP contribution in [0.15, 0.2) is 36.4 Å². The minimum Gasteiger partial charge on any atom is -0.490 e. The van der Waals surface area contributed by atoms with Gasteiger partial charge in [0.2, 0.25) is 5.91 Å². The van der Waals surface area contributed by atoms with Crippen LogP contribution >= 0.6 is 11.6 Å². The normalized spacial score (nSPS) is 17.4. The molecule has 2 aliphatic rings. The molecule has 0 bridgehead atoms. The van der Waals surface area contributed by atoms with Crippen molar-refractivity contribution < 1.29 is 19.1 Å². The van der Waals surface area contributed by atoms with Crippen molar-refractivity contribution in [1.29, 1.82) is 0 Å². The Hall–Kier alpha value is -2.93. The van der Waals surface area contributed by atoms with Gasteiger partial charge in [-0.2, -0.15) is 0 Å². The molecule has 2 aliphatic heterocycles. The first-order valence-electron chi connectivity index (χ1n) is 11.9. The maximum absolute atomic E-state index is 13.1. The van der Waals surface area contributed by atoms with Crippen LogP contribution < -0.4 is 20.1 Å². The van der Waals surface area contributed by atoms with E-state index in [1.54, 1.807) is 18.2 Å². The van der Waals surface area contributed by atoms with Crippen molar-refractivity contribution in [2.75, 3.05) is 38.2 Å². The Morgan fingerprint density at radius 2 is 1.88 bits per heavy atom. The summed E-state index contributed by atoms with van der Waals surface area (Å²) in [4.78, 5) is 27.3. The average molecular weight is 486 g/mol. The molecule has 182 valence electrons. The predicted octanol–water partition coefficient (Wildman–Crippen LogP) is 4.66. The van der Waals surface area contributed by atoms with E-state index in [0.29, 0.717) is 41.9 Å². The third-order valence-corrected chi connectivity index (χ3v) is 6.37. The summed E-state index contributed by atoms with van der Waals surface area (Å²) in [6, 6.07) is 11.1. The number of benzene rings is 2. The average Bonchev–Trinajstić information content (AvgIpc) is 3.20. The molecule has 1 atom stereocenters. The molecule has 2 aromatic rings. The summed E-state index contributed by atoms with van der Waals surface area (Å²) in [5.74, 6) is 1.69. The Balaban J connectivity index is 1.37. The van der Waals surface area contributed by atoms with Crippen molar-refractivity contribution in [3.63, 3.8) is 0 Å². The molecule has 2 N–H and O–H groups in total. The smallest absolute Gasteiger partial charge is 0.252 e. The van der Waals surface area contributed by atoms with Gasteiger partial charge < -0.3 is 25.0 Å². The van der Waals surface area contributed by atoms with E-state index >= 15 is 0 Å². The second-order valence-electron chi connectivity index (χ2n) is 9.15. The van der Waals surface area contributed by atoms with Gasteiger partial charge in [-0.05, 0) is 54.7 Å². The molecule has 8 heteroatoms. The standard InChI is InChI=1S/C26H32ClN3O4/c1-17(2)15-29-26(32)20-8-7-19(14-21(20)27)28-16-25(31)30-10-3-5-22(30)18-6-9-23-24(13-18)34-12-4-11-33-23/h6-9,13-14,17,22,28H,3-5,10-12,15-16H2,1-2H3,(H,29,32). The number of amides is 2. The third kappa shape index (κ3) is 5.76. The fourth-order valence-electron chi connectivity index (χ4n) is 4.28. The minimum absolute atomic E-state index is 0.0158. The summed E-state index contributed by atoms with van der Waals surface area (Å²) in [7, 11) is 0. The number of halogens is 1. The van der Waals surface area contributed by atoms with E-state index in [9.17, 15) is 9.59 Å². The zero-order valence-electron chi connectivity index (χ0n) is 19.7. The quantitative estimate of drug-likeness (QED) is 0.596. The number of anilines is 1. The molecular weight excluding hydrogens is 454 g/mol. The Bertz CT molecular complexity index is 1040. The van der Waals surface area contributed by atoms with Crippen LogP contribution in [0.3, 0.4) is 0 Å². The second kappa shape index (κ2) is 11.0. The highest BCUT2D eigenvalue weighted by molar-refractivity contribution is 6.34. The highest BCUT2D eigenvalue weighted by Gasteiger charge is 2.30. The van der Waals surface area contributed by atoms with Crippen molar-refractivity contribution >= 4 is 29.1 Å². The maximum Gasteiger partial charge on any atom is 0.252 e. The monoisotopic (exact) mass is 485 g/mol. The minimum atomic E-state index is -0.198. The van der Waals surface area contributed by atoms with Gasteiger partial charge in [-0.1, -0.05) is 31.5 Å². The molecule has 7 nitrogen and oxygen atoms in total. The van der Waals surface area contributed by atoms with Gasteiger partial charge in [0.25, 0.3) is 5.91 Å². The number of nitrogens with one attached hydrogen (secondary N) is 2. The van der Waals surface area contributed by atoms with E-state index < -0.39 is 0 Å². The van der Waals surface area contributed by atoms with Crippen LogP contribution in [0.4, 0.5) is 5.69 Å². The molecule has 1 unspecified atom stereocenters. The molecule has 0 saturated carbocycles. The van der Waals surface area contributed by atoms with Gasteiger partial charge in [0, 0.05) is 25.2 Å². The van der Waals surface area contributed by atoms with Gasteiger partial charge in [-0.25, -0.2) is 0 Å². The number of hydrogen-bond acceptors (Lipinski definition) is 5. The molecule has 2 amide bonds. The SMILES string of the molecule is CC(C)CNC(=O)c1ccc(NCC(=O)N2CCCC2c2ccc3c(c2)OCCCO3)cc1Cl. The first-order chi connectivity index (χ1) is 16.4. The lowest BCUT2D eigenvalue weighted by Gasteiger charge is -2.26. The zero-order valence-corrected chi connectivity index (χ0v) is 20.5. The molecule has 0 radical (unpaired) electrons. The summed E-state index contributed by atoms with van der Waals surface area (Å²) in [6.07, 6.45) is 2.73. The van der Waals surface area contributed by atoms with Crippen LogP contribution in [-0.4, -0.2) is 49.6 Å². The van der Waals surface area contributed by atoms with E-state index in [4.69, 9.17) is 21.1 Å². The molecular formula is C26H32ClN3O4. The van der Waals surface area contributed by atoms with E-state index in [2.05, 4.69) is 10.6 Å². The van der Waals surface area contributed by atoms with Gasteiger partial charge in [0.05, 0.1) is 36.4 Å². The summed E-state index contributed by atoms with van der Waals surface area (Å²) in [5, 5.41) is 6.38. The number of hydrogen-bond donors (Lipinski definition) is 2. The van der Waals surface area contributed by atoms with E-state index in [0.717, 1.165) is 42.9 Å². The van der Waals surface area contributed by atoms with E-state index in [1.165, 1.54) is 0 Å². The first kappa shape index (κ1) is 24.2. The van der Waals surface area contributed by atoms with Crippen molar-refractivity contribution in [1.82, 2.24) is 10.2 Å². The van der Waals surface area contributed by atoms with Crippen molar-refractivity contribution in [2.24, 2.45) is 5.92 Å². The van der Waals surface area contributed by atoms with Crippen LogP contribution in [0.5, 0.6) is 11.5 Å². The van der Waals surface area contributed by atoms with Crippen molar-refractivity contribution in [3.05, 3.63) is 52.5 Å². The Labute approximate surface area is 205 Å². The van der Waals surface area contributed by atoms with Crippen molar-refractivity contribution in [2.45, 2.75) is 39.2 Å². The predicted molar refractivity (Wildman–Crippen MR) is 133 cm³/mol. The van der Waals surface area contributed by atoms with Crippen LogP contribution in [0.25, 0.3) is 0 Å². The number of carbonyl (C=O) groups excluding carboxylic acids is 2. The van der Waals surface area contributed by atoms with Gasteiger partial charge in [-0.3, -0.25) is 9.59 Å². The summed E-state index contributed by atoms with van der Waals surface area (Å²) in [5.41, 5.74) is 2.19. The highest BCUT2D eigenvalue weighted by atomic mass is 35.5. The largest absolute Gasteiger partial charge is 0.490 e. The number of ether oxygens (including phenoxy) is 2.